The summed E-state index contributed by atoms with van der Waals surface area (Å²) in [6.45, 7) is 6.13. The Kier molecular flexibility index (Phi) is 8.24. The summed E-state index contributed by atoms with van der Waals surface area (Å²) < 4.78 is 78.5. The van der Waals surface area contributed by atoms with E-state index in [1.165, 1.54) is 18.2 Å². The van der Waals surface area contributed by atoms with Crippen molar-refractivity contribution in [2.75, 3.05) is 20.2 Å². The van der Waals surface area contributed by atoms with E-state index in [-0.39, 0.29) is 34.7 Å². The fourth-order valence-corrected chi connectivity index (χ4v) is 6.43. The number of piperidine rings is 1. The lowest BCUT2D eigenvalue weighted by Gasteiger charge is -2.32. The second-order valence-electron chi connectivity index (χ2n) is 12.3. The lowest BCUT2D eigenvalue weighted by atomic mass is 9.88. The van der Waals surface area contributed by atoms with E-state index in [9.17, 15) is 17.6 Å². The van der Waals surface area contributed by atoms with Crippen molar-refractivity contribution >= 4 is 11.0 Å². The summed E-state index contributed by atoms with van der Waals surface area (Å²) in [6.07, 6.45) is -1.71. The van der Waals surface area contributed by atoms with Crippen LogP contribution in [0.5, 0.6) is 11.5 Å². The molecule has 0 aliphatic carbocycles. The average Bonchev–Trinajstić information content (AvgIpc) is 3.80. The Labute approximate surface area is 278 Å². The quantitative estimate of drug-likeness (QED) is 0.167. The summed E-state index contributed by atoms with van der Waals surface area (Å²) in [6, 6.07) is 13.5. The van der Waals surface area contributed by atoms with Crippen LogP contribution in [-0.4, -0.2) is 55.9 Å². The van der Waals surface area contributed by atoms with Crippen LogP contribution in [0.2, 0.25) is 0 Å². The van der Waals surface area contributed by atoms with E-state index in [0.29, 0.717) is 35.6 Å². The second kappa shape index (κ2) is 12.4. The number of para-hydroxylation sites is 1. The first-order chi connectivity index (χ1) is 23.5. The van der Waals surface area contributed by atoms with Crippen molar-refractivity contribution in [3.05, 3.63) is 82.9 Å². The van der Waals surface area contributed by atoms with Crippen molar-refractivity contribution in [2.45, 2.75) is 63.8 Å². The zero-order valence-electron chi connectivity index (χ0n) is 26.8. The molecule has 5 aromatic rings. The average molecular weight is 678 g/mol. The fourth-order valence-electron chi connectivity index (χ4n) is 6.43. The standard InChI is InChI=1S/C34H31F4N7O4/c1-19(46-3)17-45-27-16-40-26(31-42-32(49-43-31)34(36,37)38)14-25(27)41-29(45)18-44-11-9-21(10-12-44)22-5-4-6-28-30(22)48-33(2,47-28)23-8-7-20(15-39)13-24(23)35/h4-8,13-14,16,19,21H,9-12,17-18H2,1-3H3/t19-,33-/m0/s1. The Balaban J connectivity index is 1.08. The molecule has 0 amide bonds. The maximum absolute atomic E-state index is 15.0. The van der Waals surface area contributed by atoms with Crippen molar-refractivity contribution in [3.63, 3.8) is 0 Å². The van der Waals surface area contributed by atoms with Crippen molar-refractivity contribution in [1.82, 2.24) is 29.6 Å². The first-order valence-corrected chi connectivity index (χ1v) is 15.7. The van der Waals surface area contributed by atoms with Gasteiger partial charge in [0.25, 0.3) is 5.79 Å². The number of alkyl halides is 3. The molecule has 2 atom stereocenters. The van der Waals surface area contributed by atoms with Gasteiger partial charge in [0.1, 0.15) is 17.3 Å². The second-order valence-corrected chi connectivity index (χ2v) is 12.3. The van der Waals surface area contributed by atoms with Gasteiger partial charge in [-0.05, 0) is 69.1 Å². The molecule has 15 heteroatoms. The Hall–Kier alpha value is -5.07. The SMILES string of the molecule is CO[C@@H](C)Cn1c(CN2CCC(c3cccc4c3O[C@@](C)(c3ccc(C#N)cc3F)O4)CC2)nc2cc(-c3noc(C(F)(F)F)n3)ncc21. The third-order valence-corrected chi connectivity index (χ3v) is 9.04. The number of fused-ring (bicyclic) bond motifs is 2. The van der Waals surface area contributed by atoms with E-state index in [0.717, 1.165) is 37.3 Å². The molecule has 0 N–H and O–H groups in total. The van der Waals surface area contributed by atoms with Crippen molar-refractivity contribution in [3.8, 4) is 29.1 Å². The van der Waals surface area contributed by atoms with E-state index in [2.05, 4.69) is 24.5 Å². The molecule has 2 aliphatic heterocycles. The summed E-state index contributed by atoms with van der Waals surface area (Å²) in [5.74, 6) is -1.62. The van der Waals surface area contributed by atoms with Gasteiger partial charge in [0.15, 0.2) is 11.5 Å². The molecular formula is C34H31F4N7O4. The van der Waals surface area contributed by atoms with Gasteiger partial charge in [0, 0.05) is 19.6 Å². The first kappa shape index (κ1) is 32.5. The van der Waals surface area contributed by atoms with Crippen LogP contribution in [0.15, 0.2) is 53.2 Å². The number of ether oxygens (including phenoxy) is 3. The number of imidazole rings is 1. The number of hydrogen-bond donors (Lipinski definition) is 0. The van der Waals surface area contributed by atoms with Gasteiger partial charge in [0.05, 0.1) is 53.6 Å². The van der Waals surface area contributed by atoms with Gasteiger partial charge >= 0.3 is 12.1 Å². The van der Waals surface area contributed by atoms with E-state index in [1.807, 2.05) is 29.7 Å². The molecule has 2 aromatic carbocycles. The zero-order chi connectivity index (χ0) is 34.5. The summed E-state index contributed by atoms with van der Waals surface area (Å²) in [5.41, 5.74) is 2.77. The number of hydrogen-bond acceptors (Lipinski definition) is 10. The molecule has 0 radical (unpaired) electrons. The number of methoxy groups -OCH3 is 1. The molecule has 1 saturated heterocycles. The molecule has 254 valence electrons. The third-order valence-electron chi connectivity index (χ3n) is 9.04. The minimum atomic E-state index is -4.76. The predicted molar refractivity (Wildman–Crippen MR) is 166 cm³/mol. The monoisotopic (exact) mass is 677 g/mol. The van der Waals surface area contributed by atoms with E-state index in [1.54, 1.807) is 32.4 Å². The number of nitrogens with zero attached hydrogens (tertiary/aromatic N) is 7. The fraction of sp³-hybridized carbons (Fsp3) is 0.382. The van der Waals surface area contributed by atoms with Crippen LogP contribution >= 0.6 is 0 Å². The van der Waals surface area contributed by atoms with Gasteiger partial charge in [0.2, 0.25) is 5.82 Å². The van der Waals surface area contributed by atoms with Gasteiger partial charge in [-0.15, -0.1) is 0 Å². The number of likely N-dealkylation sites (tertiary alicyclic amines) is 1. The van der Waals surface area contributed by atoms with Crippen molar-refractivity contribution < 1.29 is 36.3 Å². The molecule has 3 aromatic heterocycles. The first-order valence-electron chi connectivity index (χ1n) is 15.7. The largest absolute Gasteiger partial charge is 0.471 e. The third kappa shape index (κ3) is 6.17. The summed E-state index contributed by atoms with van der Waals surface area (Å²) in [7, 11) is 1.62. The highest BCUT2D eigenvalue weighted by atomic mass is 19.4. The number of pyridine rings is 1. The van der Waals surface area contributed by atoms with Crippen LogP contribution in [0.1, 0.15) is 61.0 Å². The molecule has 2 aliphatic rings. The number of rotatable bonds is 8. The van der Waals surface area contributed by atoms with Crippen LogP contribution in [0, 0.1) is 17.1 Å². The Morgan fingerprint density at radius 3 is 2.61 bits per heavy atom. The van der Waals surface area contributed by atoms with Gasteiger partial charge in [-0.1, -0.05) is 17.3 Å². The summed E-state index contributed by atoms with van der Waals surface area (Å²) in [4.78, 5) is 14.9. The van der Waals surface area contributed by atoms with Gasteiger partial charge in [-0.3, -0.25) is 9.88 Å². The Morgan fingerprint density at radius 2 is 1.92 bits per heavy atom. The maximum atomic E-state index is 15.0. The highest BCUT2D eigenvalue weighted by molar-refractivity contribution is 5.78. The highest BCUT2D eigenvalue weighted by Gasteiger charge is 2.43. The zero-order valence-corrected chi connectivity index (χ0v) is 26.8. The number of benzene rings is 2. The van der Waals surface area contributed by atoms with Gasteiger partial charge in [-0.2, -0.15) is 23.4 Å². The van der Waals surface area contributed by atoms with Crippen LogP contribution in [0.3, 0.4) is 0 Å². The van der Waals surface area contributed by atoms with Crippen LogP contribution in [0.4, 0.5) is 17.6 Å². The summed E-state index contributed by atoms with van der Waals surface area (Å²) in [5, 5.41) is 12.6. The van der Waals surface area contributed by atoms with Crippen LogP contribution in [-0.2, 0) is 29.8 Å². The summed E-state index contributed by atoms with van der Waals surface area (Å²) >= 11 is 0. The van der Waals surface area contributed by atoms with E-state index in [4.69, 9.17) is 24.5 Å². The van der Waals surface area contributed by atoms with Crippen LogP contribution in [0.25, 0.3) is 22.6 Å². The number of nitriles is 1. The molecule has 0 saturated carbocycles. The molecular weight excluding hydrogens is 646 g/mol. The molecule has 11 nitrogen and oxygen atoms in total. The molecule has 0 bridgehead atoms. The smallest absolute Gasteiger partial charge is 0.444 e. The van der Waals surface area contributed by atoms with E-state index >= 15 is 0 Å². The van der Waals surface area contributed by atoms with Crippen molar-refractivity contribution in [2.24, 2.45) is 0 Å². The van der Waals surface area contributed by atoms with Gasteiger partial charge < -0.3 is 23.3 Å². The minimum absolute atomic E-state index is 0.114. The molecule has 49 heavy (non-hydrogen) atoms. The van der Waals surface area contributed by atoms with Crippen LogP contribution < -0.4 is 9.47 Å². The van der Waals surface area contributed by atoms with Gasteiger partial charge in [-0.25, -0.2) is 9.37 Å². The predicted octanol–water partition coefficient (Wildman–Crippen LogP) is 6.57. The molecule has 0 unspecified atom stereocenters. The molecule has 5 heterocycles. The molecule has 1 fully saturated rings. The minimum Gasteiger partial charge on any atom is -0.444 e. The normalized spacial score (nSPS) is 19.0. The van der Waals surface area contributed by atoms with E-state index < -0.39 is 23.7 Å². The van der Waals surface area contributed by atoms with Crippen molar-refractivity contribution in [1.29, 1.82) is 5.26 Å². The Morgan fingerprint density at radius 1 is 1.12 bits per heavy atom. The number of halogens is 4. The number of aromatic nitrogens is 5. The highest BCUT2D eigenvalue weighted by Crippen LogP contribution is 2.49. The molecule has 0 spiro atoms. The lowest BCUT2D eigenvalue weighted by molar-refractivity contribution is -0.159. The maximum Gasteiger partial charge on any atom is 0.471 e. The lowest BCUT2D eigenvalue weighted by Crippen LogP contribution is -2.34. The topological polar surface area (TPSA) is 124 Å². The Bertz CT molecular complexity index is 2070. The molecule has 7 rings (SSSR count).